The molecule has 1 aliphatic heterocycles. The van der Waals surface area contributed by atoms with Crippen molar-refractivity contribution >= 4 is 11.0 Å². The summed E-state index contributed by atoms with van der Waals surface area (Å²) in [4.78, 5) is 0. The smallest absolute Gasteiger partial charge is 0.135 e. The largest absolute Gasteiger partial charge is 0.507 e. The number of hydrogen-bond acceptors (Lipinski definition) is 4. The van der Waals surface area contributed by atoms with E-state index in [1.54, 1.807) is 6.07 Å². The molecule has 146 valence electrons. The minimum Gasteiger partial charge on any atom is -0.507 e. The van der Waals surface area contributed by atoms with Crippen molar-refractivity contribution in [2.45, 2.75) is 51.2 Å². The lowest BCUT2D eigenvalue weighted by molar-refractivity contribution is -0.0565. The van der Waals surface area contributed by atoms with Crippen molar-refractivity contribution in [3.05, 3.63) is 48.0 Å². The topological polar surface area (TPSA) is 62.8 Å². The molecule has 0 radical (unpaired) electrons. The molecular formula is C24H26O4. The number of rotatable bonds is 1. The van der Waals surface area contributed by atoms with E-state index in [-0.39, 0.29) is 29.6 Å². The van der Waals surface area contributed by atoms with Crippen LogP contribution in [-0.2, 0) is 0 Å². The molecule has 4 atom stereocenters. The normalized spacial score (nSPS) is 28.4. The highest BCUT2D eigenvalue weighted by atomic mass is 16.5. The molecule has 1 saturated carbocycles. The molecule has 4 heteroatoms. The maximum Gasteiger partial charge on any atom is 0.135 e. The maximum absolute atomic E-state index is 11.0. The van der Waals surface area contributed by atoms with Gasteiger partial charge in [-0.1, -0.05) is 25.1 Å². The summed E-state index contributed by atoms with van der Waals surface area (Å²) in [5.74, 6) is 2.26. The Kier molecular flexibility index (Phi) is 3.79. The third-order valence-electron chi connectivity index (χ3n) is 6.73. The fourth-order valence-corrected chi connectivity index (χ4v) is 5.16. The highest BCUT2D eigenvalue weighted by Crippen LogP contribution is 2.56. The number of para-hydroxylation sites is 1. The van der Waals surface area contributed by atoms with Gasteiger partial charge < -0.3 is 19.4 Å². The number of aliphatic hydroxyl groups is 1. The molecule has 3 aromatic rings. The molecule has 1 fully saturated rings. The summed E-state index contributed by atoms with van der Waals surface area (Å²) in [7, 11) is 0. The number of aliphatic hydroxyl groups excluding tert-OH is 1. The molecule has 28 heavy (non-hydrogen) atoms. The molecule has 0 spiro atoms. The van der Waals surface area contributed by atoms with Crippen molar-refractivity contribution in [1.82, 2.24) is 0 Å². The van der Waals surface area contributed by atoms with Crippen molar-refractivity contribution < 1.29 is 19.4 Å². The van der Waals surface area contributed by atoms with Gasteiger partial charge in [0.15, 0.2) is 0 Å². The number of phenols is 1. The van der Waals surface area contributed by atoms with Crippen molar-refractivity contribution in [2.75, 3.05) is 0 Å². The van der Waals surface area contributed by atoms with Crippen molar-refractivity contribution in [2.24, 2.45) is 11.8 Å². The Morgan fingerprint density at radius 2 is 1.86 bits per heavy atom. The highest BCUT2D eigenvalue weighted by molar-refractivity contribution is 5.83. The summed E-state index contributed by atoms with van der Waals surface area (Å²) in [6.07, 6.45) is 1.23. The molecule has 0 bridgehead atoms. The van der Waals surface area contributed by atoms with E-state index in [0.29, 0.717) is 6.42 Å². The van der Waals surface area contributed by atoms with Gasteiger partial charge in [-0.2, -0.15) is 0 Å². The van der Waals surface area contributed by atoms with Crippen LogP contribution in [0.1, 0.15) is 45.1 Å². The zero-order chi connectivity index (χ0) is 19.6. The summed E-state index contributed by atoms with van der Waals surface area (Å²) in [6.45, 7) is 6.26. The van der Waals surface area contributed by atoms with Crippen LogP contribution in [0.2, 0.25) is 0 Å². The molecule has 5 rings (SSSR count). The van der Waals surface area contributed by atoms with E-state index in [4.69, 9.17) is 9.15 Å². The Morgan fingerprint density at radius 1 is 1.07 bits per heavy atom. The summed E-state index contributed by atoms with van der Waals surface area (Å²) >= 11 is 0. The van der Waals surface area contributed by atoms with E-state index in [0.717, 1.165) is 40.0 Å². The van der Waals surface area contributed by atoms with Gasteiger partial charge in [-0.05, 0) is 62.8 Å². The summed E-state index contributed by atoms with van der Waals surface area (Å²) in [5, 5.41) is 22.4. The zero-order valence-corrected chi connectivity index (χ0v) is 16.5. The number of aromatic hydroxyl groups is 1. The Bertz CT molecular complexity index is 1010. The second kappa shape index (κ2) is 6.02. The monoisotopic (exact) mass is 378 g/mol. The second-order valence-electron chi connectivity index (χ2n) is 8.99. The Hall–Kier alpha value is -2.46. The molecule has 2 heterocycles. The Balaban J connectivity index is 1.62. The molecule has 1 aromatic heterocycles. The van der Waals surface area contributed by atoms with E-state index in [1.165, 1.54) is 0 Å². The van der Waals surface area contributed by atoms with Gasteiger partial charge in [0.25, 0.3) is 0 Å². The summed E-state index contributed by atoms with van der Waals surface area (Å²) in [6, 6.07) is 13.6. The zero-order valence-electron chi connectivity index (χ0n) is 16.5. The Morgan fingerprint density at radius 3 is 2.64 bits per heavy atom. The predicted octanol–water partition coefficient (Wildman–Crippen LogP) is 5.47. The lowest BCUT2D eigenvalue weighted by Crippen LogP contribution is -2.49. The summed E-state index contributed by atoms with van der Waals surface area (Å²) in [5.41, 5.74) is 2.11. The fraction of sp³-hybridized carbons (Fsp3) is 0.417. The standard InChI is InChI=1S/C24H26O4/c1-13-8-16-17(12-18(13)25)24(2,3)28-22-11-15(9-19(26)23(16)22)21-10-14-6-4-5-7-20(14)27-21/h4-7,9-11,13,16-18,25-26H,8,12H2,1-3H3/t13-,16+,17+,18-/m1/s1. The first-order valence-corrected chi connectivity index (χ1v) is 10.1. The van der Waals surface area contributed by atoms with E-state index < -0.39 is 5.60 Å². The molecule has 2 aromatic carbocycles. The minimum absolute atomic E-state index is 0.175. The van der Waals surface area contributed by atoms with Crippen LogP contribution in [0.3, 0.4) is 0 Å². The quantitative estimate of drug-likeness (QED) is 0.590. The van der Waals surface area contributed by atoms with Crippen molar-refractivity contribution in [3.8, 4) is 22.8 Å². The van der Waals surface area contributed by atoms with E-state index in [9.17, 15) is 10.2 Å². The van der Waals surface area contributed by atoms with E-state index in [1.807, 2.05) is 36.4 Å². The third kappa shape index (κ3) is 2.62. The Labute approximate surface area is 164 Å². The molecule has 1 aliphatic carbocycles. The molecule has 0 saturated heterocycles. The second-order valence-corrected chi connectivity index (χ2v) is 8.99. The molecule has 2 N–H and O–H groups in total. The minimum atomic E-state index is -0.405. The van der Waals surface area contributed by atoms with Crippen LogP contribution < -0.4 is 4.74 Å². The number of fused-ring (bicyclic) bond motifs is 4. The van der Waals surface area contributed by atoms with Crippen molar-refractivity contribution in [1.29, 1.82) is 0 Å². The van der Waals surface area contributed by atoms with Gasteiger partial charge in [0.05, 0.1) is 6.10 Å². The molecule has 4 nitrogen and oxygen atoms in total. The first kappa shape index (κ1) is 17.6. The number of ether oxygens (including phenoxy) is 1. The van der Waals surface area contributed by atoms with Crippen LogP contribution in [0.25, 0.3) is 22.3 Å². The van der Waals surface area contributed by atoms with Gasteiger partial charge in [-0.15, -0.1) is 0 Å². The van der Waals surface area contributed by atoms with Gasteiger partial charge in [0.1, 0.15) is 28.4 Å². The van der Waals surface area contributed by atoms with Gasteiger partial charge in [0.2, 0.25) is 0 Å². The molecule has 0 unspecified atom stereocenters. The average molecular weight is 378 g/mol. The lowest BCUT2D eigenvalue weighted by Gasteiger charge is -2.50. The van der Waals surface area contributed by atoms with Crippen LogP contribution in [0.4, 0.5) is 0 Å². The third-order valence-corrected chi connectivity index (χ3v) is 6.73. The first-order chi connectivity index (χ1) is 13.3. The lowest BCUT2D eigenvalue weighted by atomic mass is 9.63. The van der Waals surface area contributed by atoms with Crippen LogP contribution in [0.5, 0.6) is 11.5 Å². The molecule has 2 aliphatic rings. The van der Waals surface area contributed by atoms with E-state index in [2.05, 4.69) is 20.8 Å². The highest BCUT2D eigenvalue weighted by Gasteiger charge is 2.49. The summed E-state index contributed by atoms with van der Waals surface area (Å²) < 4.78 is 12.4. The van der Waals surface area contributed by atoms with Gasteiger partial charge in [-0.25, -0.2) is 0 Å². The number of hydrogen-bond donors (Lipinski definition) is 2. The van der Waals surface area contributed by atoms with Crippen LogP contribution in [0.15, 0.2) is 46.9 Å². The SMILES string of the molecule is C[C@@H]1C[C@@H]2c3c(O)cc(-c4cc5ccccc5o4)cc3OC(C)(C)[C@H]2C[C@H]1O. The van der Waals surface area contributed by atoms with Crippen LogP contribution >= 0.6 is 0 Å². The van der Waals surface area contributed by atoms with Gasteiger partial charge in [0, 0.05) is 22.4 Å². The number of phenolic OH excluding ortho intramolecular Hbond substituents is 1. The van der Waals surface area contributed by atoms with Crippen LogP contribution in [0, 0.1) is 11.8 Å². The van der Waals surface area contributed by atoms with Gasteiger partial charge in [-0.3, -0.25) is 0 Å². The predicted molar refractivity (Wildman–Crippen MR) is 109 cm³/mol. The van der Waals surface area contributed by atoms with E-state index >= 15 is 0 Å². The maximum atomic E-state index is 11.0. The van der Waals surface area contributed by atoms with Crippen molar-refractivity contribution in [3.63, 3.8) is 0 Å². The molecular weight excluding hydrogens is 352 g/mol. The fourth-order valence-electron chi connectivity index (χ4n) is 5.16. The van der Waals surface area contributed by atoms with Crippen LogP contribution in [-0.4, -0.2) is 21.9 Å². The number of furan rings is 1. The van der Waals surface area contributed by atoms with Gasteiger partial charge >= 0.3 is 0 Å². The first-order valence-electron chi connectivity index (χ1n) is 10.1. The molecule has 0 amide bonds. The number of benzene rings is 2. The average Bonchev–Trinajstić information content (AvgIpc) is 3.07.